The zero-order valence-corrected chi connectivity index (χ0v) is 10.8. The fourth-order valence-corrected chi connectivity index (χ4v) is 2.03. The van der Waals surface area contributed by atoms with Gasteiger partial charge in [-0.25, -0.2) is 0 Å². The molecule has 0 bridgehead atoms. The Hall–Kier alpha value is -0.860. The van der Waals surface area contributed by atoms with Gasteiger partial charge in [0.2, 0.25) is 0 Å². The maximum absolute atomic E-state index is 9.17. The molecule has 0 aliphatic rings. The Kier molecular flexibility index (Phi) is 4.51. The summed E-state index contributed by atoms with van der Waals surface area (Å²) in [4.78, 5) is 0. The van der Waals surface area contributed by atoms with Gasteiger partial charge in [-0.3, -0.25) is 0 Å². The molecule has 0 fully saturated rings. The first-order valence-corrected chi connectivity index (χ1v) is 5.97. The van der Waals surface area contributed by atoms with E-state index in [9.17, 15) is 5.11 Å². The summed E-state index contributed by atoms with van der Waals surface area (Å²) in [6.07, 6.45) is 0.739. The van der Waals surface area contributed by atoms with Crippen LogP contribution >= 0.6 is 0 Å². The second-order valence-corrected chi connectivity index (χ2v) is 4.64. The third-order valence-corrected chi connectivity index (χ3v) is 3.32. The Morgan fingerprint density at radius 3 is 2.44 bits per heavy atom. The second-order valence-electron chi connectivity index (χ2n) is 4.64. The molecule has 1 atom stereocenters. The van der Waals surface area contributed by atoms with Crippen LogP contribution in [0.4, 0.5) is 0 Å². The van der Waals surface area contributed by atoms with E-state index >= 15 is 0 Å². The second kappa shape index (κ2) is 5.46. The molecule has 2 nitrogen and oxygen atoms in total. The van der Waals surface area contributed by atoms with Gasteiger partial charge in [0.25, 0.3) is 0 Å². The van der Waals surface area contributed by atoms with Crippen molar-refractivity contribution >= 4 is 0 Å². The van der Waals surface area contributed by atoms with Gasteiger partial charge in [0.05, 0.1) is 0 Å². The number of aryl methyl sites for hydroxylation is 2. The first-order valence-electron chi connectivity index (χ1n) is 5.97. The zero-order valence-electron chi connectivity index (χ0n) is 10.8. The van der Waals surface area contributed by atoms with Crippen LogP contribution in [0.15, 0.2) is 18.2 Å². The molecule has 0 aliphatic carbocycles. The van der Waals surface area contributed by atoms with Crippen LogP contribution in [0.2, 0.25) is 0 Å². The maximum Gasteiger partial charge on any atom is 0.0451 e. The van der Waals surface area contributed by atoms with E-state index in [0.717, 1.165) is 13.0 Å². The summed E-state index contributed by atoms with van der Waals surface area (Å²) < 4.78 is 0. The van der Waals surface area contributed by atoms with Crippen molar-refractivity contribution < 1.29 is 5.11 Å². The van der Waals surface area contributed by atoms with Crippen molar-refractivity contribution in [2.24, 2.45) is 0 Å². The zero-order chi connectivity index (χ0) is 12.2. The van der Waals surface area contributed by atoms with Gasteiger partial charge in [-0.2, -0.15) is 0 Å². The Bertz CT molecular complexity index is 341. The highest BCUT2D eigenvalue weighted by molar-refractivity contribution is 5.34. The number of rotatable bonds is 5. The molecule has 0 saturated heterocycles. The van der Waals surface area contributed by atoms with Crippen LogP contribution in [-0.2, 0) is 5.54 Å². The fourth-order valence-electron chi connectivity index (χ4n) is 2.03. The number of nitrogens with one attached hydrogen (secondary N) is 1. The van der Waals surface area contributed by atoms with E-state index in [1.165, 1.54) is 16.7 Å². The first-order chi connectivity index (χ1) is 7.53. The molecule has 2 heteroatoms. The van der Waals surface area contributed by atoms with Crippen molar-refractivity contribution in [2.45, 2.75) is 39.7 Å². The molecule has 16 heavy (non-hydrogen) atoms. The summed E-state index contributed by atoms with van der Waals surface area (Å²) in [7, 11) is 0. The van der Waals surface area contributed by atoms with Crippen LogP contribution in [0.3, 0.4) is 0 Å². The van der Waals surface area contributed by atoms with Gasteiger partial charge < -0.3 is 10.4 Å². The molecular formula is C14H23NO. The van der Waals surface area contributed by atoms with Crippen molar-refractivity contribution in [3.8, 4) is 0 Å². The van der Waals surface area contributed by atoms with Crippen LogP contribution in [0.25, 0.3) is 0 Å². The Balaban J connectivity index is 3.05. The predicted molar refractivity (Wildman–Crippen MR) is 68.6 cm³/mol. The van der Waals surface area contributed by atoms with Gasteiger partial charge in [-0.05, 0) is 50.4 Å². The van der Waals surface area contributed by atoms with E-state index in [1.54, 1.807) is 0 Å². The van der Waals surface area contributed by atoms with E-state index in [2.05, 4.69) is 51.2 Å². The summed E-state index contributed by atoms with van der Waals surface area (Å²) in [5.74, 6) is 0. The molecule has 2 N–H and O–H groups in total. The smallest absolute Gasteiger partial charge is 0.0451 e. The average Bonchev–Trinajstić information content (AvgIpc) is 2.22. The molecule has 1 rings (SSSR count). The lowest BCUT2D eigenvalue weighted by molar-refractivity contribution is 0.223. The highest BCUT2D eigenvalue weighted by Crippen LogP contribution is 2.26. The minimum atomic E-state index is -0.123. The van der Waals surface area contributed by atoms with Crippen molar-refractivity contribution in [1.82, 2.24) is 5.32 Å². The topological polar surface area (TPSA) is 32.3 Å². The van der Waals surface area contributed by atoms with Crippen LogP contribution < -0.4 is 5.32 Å². The van der Waals surface area contributed by atoms with Crippen LogP contribution in [-0.4, -0.2) is 18.3 Å². The molecule has 0 saturated carbocycles. The SMILES string of the molecule is CCNC(C)(CCO)c1ccc(C)c(C)c1. The van der Waals surface area contributed by atoms with Gasteiger partial charge in [0, 0.05) is 12.1 Å². The average molecular weight is 221 g/mol. The van der Waals surface area contributed by atoms with Crippen molar-refractivity contribution in [3.05, 3.63) is 34.9 Å². The lowest BCUT2D eigenvalue weighted by Crippen LogP contribution is -2.40. The van der Waals surface area contributed by atoms with Gasteiger partial charge in [0.15, 0.2) is 0 Å². The van der Waals surface area contributed by atoms with Crippen LogP contribution in [0.5, 0.6) is 0 Å². The van der Waals surface area contributed by atoms with E-state index in [1.807, 2.05) is 0 Å². The predicted octanol–water partition coefficient (Wildman–Crippen LogP) is 2.51. The summed E-state index contributed by atoms with van der Waals surface area (Å²) in [6.45, 7) is 9.60. The Morgan fingerprint density at radius 2 is 1.94 bits per heavy atom. The molecule has 0 aliphatic heterocycles. The highest BCUT2D eigenvalue weighted by Gasteiger charge is 2.24. The monoisotopic (exact) mass is 221 g/mol. The highest BCUT2D eigenvalue weighted by atomic mass is 16.3. The van der Waals surface area contributed by atoms with Crippen LogP contribution in [0, 0.1) is 13.8 Å². The largest absolute Gasteiger partial charge is 0.396 e. The van der Waals surface area contributed by atoms with Crippen molar-refractivity contribution in [2.75, 3.05) is 13.2 Å². The lowest BCUT2D eigenvalue weighted by atomic mass is 9.87. The molecule has 0 spiro atoms. The fraction of sp³-hybridized carbons (Fsp3) is 0.571. The van der Waals surface area contributed by atoms with Gasteiger partial charge >= 0.3 is 0 Å². The Morgan fingerprint density at radius 1 is 1.25 bits per heavy atom. The molecule has 0 amide bonds. The first kappa shape index (κ1) is 13.2. The molecular weight excluding hydrogens is 198 g/mol. The van der Waals surface area contributed by atoms with Crippen LogP contribution in [0.1, 0.15) is 37.0 Å². The maximum atomic E-state index is 9.17. The number of aliphatic hydroxyl groups excluding tert-OH is 1. The minimum Gasteiger partial charge on any atom is -0.396 e. The van der Waals surface area contributed by atoms with E-state index in [0.29, 0.717) is 0 Å². The van der Waals surface area contributed by atoms with E-state index < -0.39 is 0 Å². The quantitative estimate of drug-likeness (QED) is 0.800. The van der Waals surface area contributed by atoms with E-state index in [4.69, 9.17) is 0 Å². The number of benzene rings is 1. The summed E-state index contributed by atoms with van der Waals surface area (Å²) in [5, 5.41) is 12.6. The van der Waals surface area contributed by atoms with Gasteiger partial charge in [-0.1, -0.05) is 25.1 Å². The molecule has 0 radical (unpaired) electrons. The lowest BCUT2D eigenvalue weighted by Gasteiger charge is -2.31. The third kappa shape index (κ3) is 2.83. The Labute approximate surface area is 98.7 Å². The normalized spacial score (nSPS) is 14.8. The number of aliphatic hydroxyl groups is 1. The number of hydrogen-bond acceptors (Lipinski definition) is 2. The van der Waals surface area contributed by atoms with Gasteiger partial charge in [-0.15, -0.1) is 0 Å². The van der Waals surface area contributed by atoms with Gasteiger partial charge in [0.1, 0.15) is 0 Å². The summed E-state index contributed by atoms with van der Waals surface area (Å²) in [6, 6.07) is 6.52. The molecule has 0 aromatic heterocycles. The molecule has 0 heterocycles. The summed E-state index contributed by atoms with van der Waals surface area (Å²) in [5.41, 5.74) is 3.75. The van der Waals surface area contributed by atoms with Crippen molar-refractivity contribution in [1.29, 1.82) is 0 Å². The molecule has 1 unspecified atom stereocenters. The third-order valence-electron chi connectivity index (χ3n) is 3.32. The summed E-state index contributed by atoms with van der Waals surface area (Å²) >= 11 is 0. The standard InChI is InChI=1S/C14H23NO/c1-5-15-14(4,8-9-16)13-7-6-11(2)12(3)10-13/h6-7,10,15-16H,5,8-9H2,1-4H3. The molecule has 90 valence electrons. The number of hydrogen-bond donors (Lipinski definition) is 2. The minimum absolute atomic E-state index is 0.123. The molecule has 1 aromatic rings. The van der Waals surface area contributed by atoms with Crippen molar-refractivity contribution in [3.63, 3.8) is 0 Å². The molecule has 1 aromatic carbocycles. The van der Waals surface area contributed by atoms with E-state index in [-0.39, 0.29) is 12.1 Å².